The summed E-state index contributed by atoms with van der Waals surface area (Å²) in [4.78, 5) is 10.8. The fourth-order valence-corrected chi connectivity index (χ4v) is 1.93. The third-order valence-electron chi connectivity index (χ3n) is 2.74. The second-order valence-corrected chi connectivity index (χ2v) is 4.72. The molecule has 0 spiro atoms. The topological polar surface area (TPSA) is 46.5 Å². The van der Waals surface area contributed by atoms with Crippen LogP contribution in [0.3, 0.4) is 0 Å². The van der Waals surface area contributed by atoms with Crippen LogP contribution in [0.2, 0.25) is 0 Å². The summed E-state index contributed by atoms with van der Waals surface area (Å²) in [6.07, 6.45) is 0.801. The lowest BCUT2D eigenvalue weighted by Crippen LogP contribution is -2.08. The number of alkyl halides is 1. The van der Waals surface area contributed by atoms with Gasteiger partial charge in [-0.25, -0.2) is 0 Å². The summed E-state index contributed by atoms with van der Waals surface area (Å²) in [6, 6.07) is 10.3. The number of aliphatic hydroxyl groups excluding tert-OH is 1. The fraction of sp³-hybridized carbons (Fsp3) is 0.500. The van der Waals surface area contributed by atoms with E-state index in [1.54, 1.807) is 6.92 Å². The lowest BCUT2D eigenvalue weighted by Gasteiger charge is -1.97. The van der Waals surface area contributed by atoms with Crippen molar-refractivity contribution in [2.45, 2.75) is 18.7 Å². The van der Waals surface area contributed by atoms with E-state index in [0.29, 0.717) is 6.61 Å². The van der Waals surface area contributed by atoms with Crippen molar-refractivity contribution in [2.24, 2.45) is 11.8 Å². The molecule has 0 heterocycles. The molecule has 2 rings (SSSR count). The van der Waals surface area contributed by atoms with Crippen molar-refractivity contribution in [3.8, 4) is 0 Å². The van der Waals surface area contributed by atoms with E-state index >= 15 is 0 Å². The molecule has 1 aromatic rings. The van der Waals surface area contributed by atoms with Gasteiger partial charge in [-0.1, -0.05) is 46.3 Å². The molecular weight excluding hydrogens is 296 g/mol. The van der Waals surface area contributed by atoms with E-state index in [-0.39, 0.29) is 24.4 Å². The van der Waals surface area contributed by atoms with Gasteiger partial charge >= 0.3 is 5.97 Å². The molecule has 1 aromatic carbocycles. The molecular formula is C14H19BrO3. The van der Waals surface area contributed by atoms with Crippen molar-refractivity contribution in [1.29, 1.82) is 0 Å². The zero-order valence-electron chi connectivity index (χ0n) is 10.5. The molecule has 4 heteroatoms. The van der Waals surface area contributed by atoms with Gasteiger partial charge in [0.25, 0.3) is 0 Å². The highest BCUT2D eigenvalue weighted by Gasteiger charge is 2.43. The van der Waals surface area contributed by atoms with E-state index in [1.165, 1.54) is 5.56 Å². The molecule has 0 amide bonds. The Labute approximate surface area is 116 Å². The summed E-state index contributed by atoms with van der Waals surface area (Å²) >= 11 is 3.36. The molecule has 18 heavy (non-hydrogen) atoms. The molecule has 0 aromatic heterocycles. The largest absolute Gasteiger partial charge is 0.466 e. The van der Waals surface area contributed by atoms with Gasteiger partial charge in [-0.05, 0) is 24.8 Å². The van der Waals surface area contributed by atoms with Gasteiger partial charge in [0.1, 0.15) is 0 Å². The first-order valence-corrected chi connectivity index (χ1v) is 7.22. The number of benzene rings is 1. The summed E-state index contributed by atoms with van der Waals surface area (Å²) in [5.41, 5.74) is 1.33. The number of aliphatic hydroxyl groups is 1. The van der Waals surface area contributed by atoms with Crippen LogP contribution in [0.4, 0.5) is 0 Å². The molecule has 2 unspecified atom stereocenters. The molecule has 0 bridgehead atoms. The monoisotopic (exact) mass is 314 g/mol. The summed E-state index contributed by atoms with van der Waals surface area (Å²) < 4.78 is 4.75. The first kappa shape index (κ1) is 15.2. The molecule has 0 saturated heterocycles. The highest BCUT2D eigenvalue weighted by molar-refractivity contribution is 9.08. The second kappa shape index (κ2) is 8.27. The van der Waals surface area contributed by atoms with Gasteiger partial charge in [-0.2, -0.15) is 0 Å². The first-order valence-electron chi connectivity index (χ1n) is 6.10. The maximum absolute atomic E-state index is 10.8. The minimum Gasteiger partial charge on any atom is -0.466 e. The van der Waals surface area contributed by atoms with Gasteiger partial charge in [0.15, 0.2) is 0 Å². The highest BCUT2D eigenvalue weighted by atomic mass is 79.9. The summed E-state index contributed by atoms with van der Waals surface area (Å²) in [5.74, 6) is 0.0190. The average molecular weight is 315 g/mol. The molecule has 1 fully saturated rings. The fourth-order valence-electron chi connectivity index (χ4n) is 1.55. The zero-order chi connectivity index (χ0) is 13.4. The van der Waals surface area contributed by atoms with E-state index in [9.17, 15) is 4.79 Å². The maximum atomic E-state index is 10.8. The van der Waals surface area contributed by atoms with Crippen molar-refractivity contribution in [3.05, 3.63) is 35.9 Å². The van der Waals surface area contributed by atoms with Crippen LogP contribution in [0.25, 0.3) is 0 Å². The summed E-state index contributed by atoms with van der Waals surface area (Å²) in [6.45, 7) is 2.34. The summed E-state index contributed by atoms with van der Waals surface area (Å²) in [7, 11) is 0. The highest BCUT2D eigenvalue weighted by Crippen LogP contribution is 2.38. The van der Waals surface area contributed by atoms with Crippen LogP contribution in [-0.4, -0.2) is 24.3 Å². The number of carbonyl (C=O) groups is 1. The minimum absolute atomic E-state index is 0.00931. The lowest BCUT2D eigenvalue weighted by atomic mass is 10.2. The molecule has 0 radical (unpaired) electrons. The van der Waals surface area contributed by atoms with Crippen molar-refractivity contribution in [2.75, 3.05) is 13.2 Å². The Morgan fingerprint density at radius 2 is 2.11 bits per heavy atom. The predicted molar refractivity (Wildman–Crippen MR) is 74.4 cm³/mol. The van der Waals surface area contributed by atoms with Gasteiger partial charge in [0.2, 0.25) is 0 Å². The summed E-state index contributed by atoms with van der Waals surface area (Å²) in [5, 5.41) is 9.54. The smallest absolute Gasteiger partial charge is 0.309 e. The van der Waals surface area contributed by atoms with Gasteiger partial charge in [-0.3, -0.25) is 4.79 Å². The van der Waals surface area contributed by atoms with E-state index in [1.807, 2.05) is 18.2 Å². The average Bonchev–Trinajstić information content (AvgIpc) is 3.20. The van der Waals surface area contributed by atoms with E-state index in [2.05, 4.69) is 28.1 Å². The third-order valence-corrected chi connectivity index (χ3v) is 3.39. The SMILES string of the molecule is BrCc1ccccc1.CCOC(=O)C1CC1CO. The van der Waals surface area contributed by atoms with Crippen LogP contribution in [0.5, 0.6) is 0 Å². The normalized spacial score (nSPS) is 20.6. The van der Waals surface area contributed by atoms with Crippen LogP contribution >= 0.6 is 15.9 Å². The van der Waals surface area contributed by atoms with Crippen LogP contribution in [0.1, 0.15) is 18.9 Å². The number of ether oxygens (including phenoxy) is 1. The standard InChI is InChI=1S/C7H7Br.C7H12O3/c8-6-7-4-2-1-3-5-7;1-2-10-7(9)6-3-5(6)4-8/h1-5H,6H2;5-6,8H,2-4H2,1H3. The lowest BCUT2D eigenvalue weighted by molar-refractivity contribution is -0.145. The van der Waals surface area contributed by atoms with Crippen LogP contribution in [0, 0.1) is 11.8 Å². The number of hydrogen-bond acceptors (Lipinski definition) is 3. The molecule has 1 aliphatic rings. The van der Waals surface area contributed by atoms with E-state index in [0.717, 1.165) is 11.8 Å². The Morgan fingerprint density at radius 3 is 2.50 bits per heavy atom. The Bertz CT molecular complexity index is 353. The van der Waals surface area contributed by atoms with Crippen molar-refractivity contribution >= 4 is 21.9 Å². The zero-order valence-corrected chi connectivity index (χ0v) is 12.1. The third kappa shape index (κ3) is 5.19. The van der Waals surface area contributed by atoms with Gasteiger partial charge in [0, 0.05) is 11.9 Å². The van der Waals surface area contributed by atoms with Gasteiger partial charge < -0.3 is 9.84 Å². The number of rotatable bonds is 4. The molecule has 3 nitrogen and oxygen atoms in total. The van der Waals surface area contributed by atoms with Crippen LogP contribution in [0.15, 0.2) is 30.3 Å². The molecule has 1 aliphatic carbocycles. The van der Waals surface area contributed by atoms with E-state index < -0.39 is 0 Å². The molecule has 1 saturated carbocycles. The Hall–Kier alpha value is -0.870. The molecule has 2 atom stereocenters. The maximum Gasteiger partial charge on any atom is 0.309 e. The number of esters is 1. The molecule has 1 N–H and O–H groups in total. The van der Waals surface area contributed by atoms with Crippen molar-refractivity contribution in [1.82, 2.24) is 0 Å². The van der Waals surface area contributed by atoms with Gasteiger partial charge in [0.05, 0.1) is 12.5 Å². The first-order chi connectivity index (χ1) is 8.72. The minimum atomic E-state index is -0.151. The predicted octanol–water partition coefficient (Wildman–Crippen LogP) is 2.76. The number of carbonyl (C=O) groups excluding carboxylic acids is 1. The quantitative estimate of drug-likeness (QED) is 0.686. The van der Waals surface area contributed by atoms with Crippen molar-refractivity contribution in [3.63, 3.8) is 0 Å². The second-order valence-electron chi connectivity index (χ2n) is 4.16. The molecule has 0 aliphatic heterocycles. The Kier molecular flexibility index (Phi) is 6.98. The Balaban J connectivity index is 0.000000184. The van der Waals surface area contributed by atoms with Gasteiger partial charge in [-0.15, -0.1) is 0 Å². The molecule has 100 valence electrons. The number of hydrogen-bond donors (Lipinski definition) is 1. The Morgan fingerprint density at radius 1 is 1.44 bits per heavy atom. The van der Waals surface area contributed by atoms with Crippen LogP contribution in [-0.2, 0) is 14.9 Å². The van der Waals surface area contributed by atoms with Crippen LogP contribution < -0.4 is 0 Å². The van der Waals surface area contributed by atoms with E-state index in [4.69, 9.17) is 9.84 Å². The van der Waals surface area contributed by atoms with Crippen molar-refractivity contribution < 1.29 is 14.6 Å². The number of halogens is 1.